The lowest BCUT2D eigenvalue weighted by Gasteiger charge is -2.38. The minimum absolute atomic E-state index is 0.110. The van der Waals surface area contributed by atoms with Crippen LogP contribution >= 0.6 is 11.6 Å². The molecule has 0 aliphatic carbocycles. The fourth-order valence-corrected chi connectivity index (χ4v) is 2.92. The zero-order valence-corrected chi connectivity index (χ0v) is 14.5. The standard InChI is InChI=1S/C15H24ClN5O/c1-5-20(6-2)15-17-9-12(16)13(18-15)14(22)21-8-7-19(4)10-11(21)3/h9,11H,5-8,10H2,1-4H3. The molecule has 1 unspecified atom stereocenters. The van der Waals surface area contributed by atoms with Crippen LogP contribution in [-0.2, 0) is 0 Å². The van der Waals surface area contributed by atoms with Gasteiger partial charge < -0.3 is 14.7 Å². The van der Waals surface area contributed by atoms with Crippen LogP contribution in [0.3, 0.4) is 0 Å². The van der Waals surface area contributed by atoms with Crippen LogP contribution in [0.25, 0.3) is 0 Å². The molecule has 122 valence electrons. The Morgan fingerprint density at radius 2 is 2.09 bits per heavy atom. The van der Waals surface area contributed by atoms with Gasteiger partial charge in [0, 0.05) is 38.8 Å². The molecule has 22 heavy (non-hydrogen) atoms. The molecule has 1 fully saturated rings. The van der Waals surface area contributed by atoms with Gasteiger partial charge in [-0.15, -0.1) is 0 Å². The maximum Gasteiger partial charge on any atom is 0.274 e. The van der Waals surface area contributed by atoms with Gasteiger partial charge in [0.25, 0.3) is 5.91 Å². The summed E-state index contributed by atoms with van der Waals surface area (Å²) in [5.41, 5.74) is 0.301. The number of amides is 1. The molecule has 1 aromatic rings. The topological polar surface area (TPSA) is 52.6 Å². The molecule has 7 heteroatoms. The van der Waals surface area contributed by atoms with E-state index in [4.69, 9.17) is 11.6 Å². The third-order valence-corrected chi connectivity index (χ3v) is 4.35. The summed E-state index contributed by atoms with van der Waals surface area (Å²) in [7, 11) is 2.06. The molecule has 0 spiro atoms. The van der Waals surface area contributed by atoms with Gasteiger partial charge in [-0.2, -0.15) is 0 Å². The highest BCUT2D eigenvalue weighted by molar-refractivity contribution is 6.33. The number of carbonyl (C=O) groups excluding carboxylic acids is 1. The van der Waals surface area contributed by atoms with Crippen molar-refractivity contribution in [3.63, 3.8) is 0 Å². The SMILES string of the molecule is CCN(CC)c1ncc(Cl)c(C(=O)N2CCN(C)CC2C)n1. The highest BCUT2D eigenvalue weighted by Gasteiger charge is 2.29. The predicted molar refractivity (Wildman–Crippen MR) is 88.6 cm³/mol. The molecule has 0 radical (unpaired) electrons. The number of hydrogen-bond donors (Lipinski definition) is 0. The Balaban J connectivity index is 2.27. The largest absolute Gasteiger partial charge is 0.341 e. The Kier molecular flexibility index (Phi) is 5.58. The molecule has 2 rings (SSSR count). The van der Waals surface area contributed by atoms with Crippen molar-refractivity contribution < 1.29 is 4.79 Å². The summed E-state index contributed by atoms with van der Waals surface area (Å²) in [5, 5.41) is 0.312. The van der Waals surface area contributed by atoms with Crippen LogP contribution in [0.5, 0.6) is 0 Å². The minimum Gasteiger partial charge on any atom is -0.341 e. The Hall–Kier alpha value is -1.40. The number of carbonyl (C=O) groups is 1. The van der Waals surface area contributed by atoms with E-state index < -0.39 is 0 Å². The van der Waals surface area contributed by atoms with Gasteiger partial charge >= 0.3 is 0 Å². The lowest BCUT2D eigenvalue weighted by Crippen LogP contribution is -2.53. The average Bonchev–Trinajstić information content (AvgIpc) is 2.49. The molecule has 0 saturated carbocycles. The predicted octanol–water partition coefficient (Wildman–Crippen LogP) is 1.75. The van der Waals surface area contributed by atoms with Crippen molar-refractivity contribution >= 4 is 23.5 Å². The lowest BCUT2D eigenvalue weighted by molar-refractivity contribution is 0.0528. The highest BCUT2D eigenvalue weighted by Crippen LogP contribution is 2.20. The third-order valence-electron chi connectivity index (χ3n) is 4.07. The van der Waals surface area contributed by atoms with E-state index in [-0.39, 0.29) is 11.9 Å². The van der Waals surface area contributed by atoms with Crippen molar-refractivity contribution in [2.24, 2.45) is 0 Å². The number of nitrogens with zero attached hydrogens (tertiary/aromatic N) is 5. The van der Waals surface area contributed by atoms with Crippen molar-refractivity contribution in [3.05, 3.63) is 16.9 Å². The van der Waals surface area contributed by atoms with Crippen molar-refractivity contribution in [1.82, 2.24) is 19.8 Å². The van der Waals surface area contributed by atoms with Crippen LogP contribution in [0.2, 0.25) is 5.02 Å². The molecule has 0 aromatic carbocycles. The lowest BCUT2D eigenvalue weighted by atomic mass is 10.2. The second kappa shape index (κ2) is 7.24. The highest BCUT2D eigenvalue weighted by atomic mass is 35.5. The Bertz CT molecular complexity index is 535. The number of rotatable bonds is 4. The van der Waals surface area contributed by atoms with Gasteiger partial charge in [-0.25, -0.2) is 9.97 Å². The fourth-order valence-electron chi connectivity index (χ4n) is 2.74. The van der Waals surface area contributed by atoms with Crippen LogP contribution in [0.15, 0.2) is 6.20 Å². The van der Waals surface area contributed by atoms with Gasteiger partial charge in [-0.05, 0) is 27.8 Å². The van der Waals surface area contributed by atoms with E-state index >= 15 is 0 Å². The summed E-state index contributed by atoms with van der Waals surface area (Å²) in [5.74, 6) is 0.445. The van der Waals surface area contributed by atoms with Crippen LogP contribution < -0.4 is 4.90 Å². The molecule has 6 nitrogen and oxygen atoms in total. The zero-order chi connectivity index (χ0) is 16.3. The van der Waals surface area contributed by atoms with E-state index in [9.17, 15) is 4.79 Å². The number of halogens is 1. The Morgan fingerprint density at radius 1 is 1.41 bits per heavy atom. The van der Waals surface area contributed by atoms with Crippen LogP contribution in [0.1, 0.15) is 31.3 Å². The van der Waals surface area contributed by atoms with Crippen molar-refractivity contribution in [3.8, 4) is 0 Å². The first-order chi connectivity index (χ1) is 10.5. The van der Waals surface area contributed by atoms with E-state index in [1.165, 1.54) is 6.20 Å². The van der Waals surface area contributed by atoms with E-state index in [1.807, 2.05) is 30.6 Å². The van der Waals surface area contributed by atoms with Gasteiger partial charge in [0.1, 0.15) is 0 Å². The molecule has 1 atom stereocenters. The number of aromatic nitrogens is 2. The molecule has 1 aliphatic heterocycles. The quantitative estimate of drug-likeness (QED) is 0.844. The maximum atomic E-state index is 12.8. The number of likely N-dealkylation sites (N-methyl/N-ethyl adjacent to an activating group) is 1. The summed E-state index contributed by atoms with van der Waals surface area (Å²) in [6.45, 7) is 10.1. The molecule has 1 saturated heterocycles. The first-order valence-corrected chi connectivity index (χ1v) is 8.12. The van der Waals surface area contributed by atoms with Crippen LogP contribution in [0.4, 0.5) is 5.95 Å². The molecule has 2 heterocycles. The molecular weight excluding hydrogens is 302 g/mol. The summed E-state index contributed by atoms with van der Waals surface area (Å²) in [6.07, 6.45) is 1.52. The molecule has 1 aliphatic rings. The summed E-state index contributed by atoms with van der Waals surface area (Å²) >= 11 is 6.18. The summed E-state index contributed by atoms with van der Waals surface area (Å²) in [6, 6.07) is 0.147. The molecule has 0 N–H and O–H groups in total. The summed E-state index contributed by atoms with van der Waals surface area (Å²) < 4.78 is 0. The molecular formula is C15H24ClN5O. The Morgan fingerprint density at radius 3 is 2.68 bits per heavy atom. The van der Waals surface area contributed by atoms with Gasteiger partial charge in [-0.3, -0.25) is 4.79 Å². The van der Waals surface area contributed by atoms with Gasteiger partial charge in [-0.1, -0.05) is 11.6 Å². The minimum atomic E-state index is -0.110. The Labute approximate surface area is 137 Å². The van der Waals surface area contributed by atoms with Crippen molar-refractivity contribution in [2.45, 2.75) is 26.8 Å². The average molecular weight is 326 g/mol. The second-order valence-electron chi connectivity index (χ2n) is 5.65. The first kappa shape index (κ1) is 17.0. The van der Waals surface area contributed by atoms with E-state index in [0.717, 1.165) is 26.2 Å². The molecule has 0 bridgehead atoms. The van der Waals surface area contributed by atoms with Crippen molar-refractivity contribution in [1.29, 1.82) is 0 Å². The summed E-state index contributed by atoms with van der Waals surface area (Å²) in [4.78, 5) is 27.5. The van der Waals surface area contributed by atoms with E-state index in [2.05, 4.69) is 21.9 Å². The molecule has 1 aromatic heterocycles. The number of anilines is 1. The smallest absolute Gasteiger partial charge is 0.274 e. The number of piperazine rings is 1. The van der Waals surface area contributed by atoms with Gasteiger partial charge in [0.05, 0.1) is 11.2 Å². The van der Waals surface area contributed by atoms with Crippen molar-refractivity contribution in [2.75, 3.05) is 44.7 Å². The monoisotopic (exact) mass is 325 g/mol. The molecule has 1 amide bonds. The zero-order valence-electron chi connectivity index (χ0n) is 13.7. The fraction of sp³-hybridized carbons (Fsp3) is 0.667. The van der Waals surface area contributed by atoms with Gasteiger partial charge in [0.2, 0.25) is 5.95 Å². The van der Waals surface area contributed by atoms with Crippen LogP contribution in [-0.4, -0.2) is 71.5 Å². The van der Waals surface area contributed by atoms with Crippen LogP contribution in [0, 0.1) is 0 Å². The number of hydrogen-bond acceptors (Lipinski definition) is 5. The normalized spacial score (nSPS) is 19.3. The van der Waals surface area contributed by atoms with E-state index in [0.29, 0.717) is 23.2 Å². The van der Waals surface area contributed by atoms with Gasteiger partial charge in [0.15, 0.2) is 5.69 Å². The third kappa shape index (κ3) is 3.50. The van der Waals surface area contributed by atoms with E-state index in [1.54, 1.807) is 0 Å². The first-order valence-electron chi connectivity index (χ1n) is 7.74. The second-order valence-corrected chi connectivity index (χ2v) is 6.06. The maximum absolute atomic E-state index is 12.8.